The second kappa shape index (κ2) is 5.76. The molecule has 0 saturated carbocycles. The molecule has 0 aromatic heterocycles. The van der Waals surface area contributed by atoms with Gasteiger partial charge in [0.25, 0.3) is 0 Å². The van der Waals surface area contributed by atoms with Gasteiger partial charge in [0, 0.05) is 24.2 Å². The van der Waals surface area contributed by atoms with Crippen molar-refractivity contribution in [1.82, 2.24) is 5.32 Å². The third-order valence-corrected chi connectivity index (χ3v) is 3.21. The maximum Gasteiger partial charge on any atom is 0.123 e. The minimum atomic E-state index is 0.0768. The summed E-state index contributed by atoms with van der Waals surface area (Å²) < 4.78 is 0. The van der Waals surface area contributed by atoms with E-state index in [-0.39, 0.29) is 17.5 Å². The fraction of sp³-hybridized carbons (Fsp3) is 0.250. The van der Waals surface area contributed by atoms with Crippen LogP contribution in [-0.2, 0) is 6.54 Å². The number of phenolic OH excluding ortho intramolecular Hbond substituents is 2. The molecule has 0 amide bonds. The molecule has 0 bridgehead atoms. The van der Waals surface area contributed by atoms with Crippen molar-refractivity contribution < 1.29 is 10.2 Å². The van der Waals surface area contributed by atoms with Crippen molar-refractivity contribution in [1.29, 1.82) is 0 Å². The molecule has 0 heterocycles. The Morgan fingerprint density at radius 3 is 2.58 bits per heavy atom. The van der Waals surface area contributed by atoms with Gasteiger partial charge in [-0.1, -0.05) is 35.9 Å². The molecule has 0 fully saturated rings. The average molecular weight is 257 g/mol. The Bertz CT molecular complexity index is 566. The van der Waals surface area contributed by atoms with E-state index in [1.54, 1.807) is 12.1 Å². The molecule has 0 aliphatic heterocycles. The molecule has 0 radical (unpaired) electrons. The van der Waals surface area contributed by atoms with E-state index in [0.717, 1.165) is 5.56 Å². The molecular formula is C16H19NO2. The lowest BCUT2D eigenvalue weighted by molar-refractivity contribution is 0.441. The minimum Gasteiger partial charge on any atom is -0.508 e. The largest absolute Gasteiger partial charge is 0.508 e. The number of hydrogen-bond acceptors (Lipinski definition) is 3. The van der Waals surface area contributed by atoms with Crippen LogP contribution in [0.1, 0.15) is 29.7 Å². The van der Waals surface area contributed by atoms with E-state index in [9.17, 15) is 10.2 Å². The summed E-state index contributed by atoms with van der Waals surface area (Å²) in [4.78, 5) is 0. The summed E-state index contributed by atoms with van der Waals surface area (Å²) in [7, 11) is 0. The standard InChI is InChI=1S/C16H19NO2/c1-11-4-3-5-13(8-11)12(2)17-10-14-6-7-15(18)9-16(14)19/h3-9,12,17-19H,10H2,1-2H3/t12-/m0/s1. The monoisotopic (exact) mass is 257 g/mol. The highest BCUT2D eigenvalue weighted by Gasteiger charge is 2.07. The number of hydrogen-bond donors (Lipinski definition) is 3. The van der Waals surface area contributed by atoms with Crippen molar-refractivity contribution in [3.05, 3.63) is 59.2 Å². The Labute approximate surface area is 113 Å². The summed E-state index contributed by atoms with van der Waals surface area (Å²) in [5, 5.41) is 22.3. The fourth-order valence-electron chi connectivity index (χ4n) is 2.02. The van der Waals surface area contributed by atoms with Crippen molar-refractivity contribution in [2.45, 2.75) is 26.4 Å². The van der Waals surface area contributed by atoms with Crippen LogP contribution in [-0.4, -0.2) is 10.2 Å². The van der Waals surface area contributed by atoms with Crippen LogP contribution in [0.15, 0.2) is 42.5 Å². The molecule has 0 spiro atoms. The topological polar surface area (TPSA) is 52.5 Å². The van der Waals surface area contributed by atoms with Gasteiger partial charge in [0.15, 0.2) is 0 Å². The molecule has 0 aliphatic carbocycles. The quantitative estimate of drug-likeness (QED) is 0.788. The Morgan fingerprint density at radius 1 is 1.11 bits per heavy atom. The van der Waals surface area contributed by atoms with Gasteiger partial charge in [-0.2, -0.15) is 0 Å². The smallest absolute Gasteiger partial charge is 0.123 e. The Hall–Kier alpha value is -2.00. The lowest BCUT2D eigenvalue weighted by Gasteiger charge is -2.15. The van der Waals surface area contributed by atoms with Crippen molar-refractivity contribution in [3.63, 3.8) is 0 Å². The number of benzene rings is 2. The Balaban J connectivity index is 2.02. The molecule has 0 unspecified atom stereocenters. The van der Waals surface area contributed by atoms with E-state index in [2.05, 4.69) is 37.4 Å². The molecule has 2 aromatic carbocycles. The molecule has 0 aliphatic rings. The highest BCUT2D eigenvalue weighted by molar-refractivity contribution is 5.39. The van der Waals surface area contributed by atoms with Crippen molar-refractivity contribution >= 4 is 0 Å². The third-order valence-electron chi connectivity index (χ3n) is 3.21. The first-order chi connectivity index (χ1) is 9.06. The summed E-state index contributed by atoms with van der Waals surface area (Å²) in [6.45, 7) is 4.72. The van der Waals surface area contributed by atoms with Gasteiger partial charge in [-0.3, -0.25) is 0 Å². The van der Waals surface area contributed by atoms with Crippen LogP contribution in [0.2, 0.25) is 0 Å². The van der Waals surface area contributed by atoms with Crippen LogP contribution in [0.4, 0.5) is 0 Å². The number of aromatic hydroxyl groups is 2. The average Bonchev–Trinajstić information content (AvgIpc) is 2.37. The van der Waals surface area contributed by atoms with Crippen LogP contribution in [0.5, 0.6) is 11.5 Å². The molecular weight excluding hydrogens is 238 g/mol. The van der Waals surface area contributed by atoms with E-state index >= 15 is 0 Å². The SMILES string of the molecule is Cc1cccc([C@H](C)NCc2ccc(O)cc2O)c1. The Kier molecular flexibility index (Phi) is 4.07. The van der Waals surface area contributed by atoms with Gasteiger partial charge < -0.3 is 15.5 Å². The molecule has 1 atom stereocenters. The maximum atomic E-state index is 9.72. The van der Waals surface area contributed by atoms with E-state index in [1.807, 2.05) is 6.07 Å². The normalized spacial score (nSPS) is 12.3. The second-order valence-corrected chi connectivity index (χ2v) is 4.83. The van der Waals surface area contributed by atoms with E-state index in [0.29, 0.717) is 6.54 Å². The van der Waals surface area contributed by atoms with E-state index < -0.39 is 0 Å². The van der Waals surface area contributed by atoms with Gasteiger partial charge >= 0.3 is 0 Å². The summed E-state index contributed by atoms with van der Waals surface area (Å²) in [5.74, 6) is 0.192. The summed E-state index contributed by atoms with van der Waals surface area (Å²) in [6, 6.07) is 13.2. The zero-order valence-electron chi connectivity index (χ0n) is 11.2. The van der Waals surface area contributed by atoms with Crippen molar-refractivity contribution in [2.24, 2.45) is 0 Å². The van der Waals surface area contributed by atoms with Gasteiger partial charge in [-0.15, -0.1) is 0 Å². The first-order valence-corrected chi connectivity index (χ1v) is 6.37. The fourth-order valence-corrected chi connectivity index (χ4v) is 2.02. The van der Waals surface area contributed by atoms with E-state index in [4.69, 9.17) is 0 Å². The summed E-state index contributed by atoms with van der Waals surface area (Å²) in [6.07, 6.45) is 0. The minimum absolute atomic E-state index is 0.0768. The maximum absolute atomic E-state index is 9.72. The lowest BCUT2D eigenvalue weighted by Crippen LogP contribution is -2.18. The van der Waals surface area contributed by atoms with Crippen LogP contribution >= 0.6 is 0 Å². The number of rotatable bonds is 4. The summed E-state index contributed by atoms with van der Waals surface area (Å²) in [5.41, 5.74) is 3.23. The van der Waals surface area contributed by atoms with Gasteiger partial charge in [-0.05, 0) is 25.5 Å². The lowest BCUT2D eigenvalue weighted by atomic mass is 10.1. The zero-order valence-corrected chi connectivity index (χ0v) is 11.2. The van der Waals surface area contributed by atoms with Crippen LogP contribution < -0.4 is 5.32 Å². The number of aryl methyl sites for hydroxylation is 1. The van der Waals surface area contributed by atoms with Gasteiger partial charge in [0.1, 0.15) is 11.5 Å². The predicted octanol–water partition coefficient (Wildman–Crippen LogP) is 3.26. The number of phenols is 2. The van der Waals surface area contributed by atoms with Gasteiger partial charge in [0.2, 0.25) is 0 Å². The molecule has 19 heavy (non-hydrogen) atoms. The molecule has 100 valence electrons. The molecule has 2 aromatic rings. The summed E-state index contributed by atoms with van der Waals surface area (Å²) >= 11 is 0. The molecule has 3 heteroatoms. The van der Waals surface area contributed by atoms with Gasteiger partial charge in [0.05, 0.1) is 0 Å². The highest BCUT2D eigenvalue weighted by atomic mass is 16.3. The molecule has 0 saturated heterocycles. The van der Waals surface area contributed by atoms with Gasteiger partial charge in [-0.25, -0.2) is 0 Å². The molecule has 2 rings (SSSR count). The third kappa shape index (κ3) is 3.48. The zero-order chi connectivity index (χ0) is 13.8. The van der Waals surface area contributed by atoms with E-state index in [1.165, 1.54) is 17.2 Å². The number of nitrogens with one attached hydrogen (secondary N) is 1. The van der Waals surface area contributed by atoms with Crippen LogP contribution in [0, 0.1) is 6.92 Å². The van der Waals surface area contributed by atoms with Crippen LogP contribution in [0.3, 0.4) is 0 Å². The Morgan fingerprint density at radius 2 is 1.89 bits per heavy atom. The molecule has 3 nitrogen and oxygen atoms in total. The predicted molar refractivity (Wildman–Crippen MR) is 76.2 cm³/mol. The first-order valence-electron chi connectivity index (χ1n) is 6.37. The highest BCUT2D eigenvalue weighted by Crippen LogP contribution is 2.23. The van der Waals surface area contributed by atoms with Crippen molar-refractivity contribution in [2.75, 3.05) is 0 Å². The molecule has 3 N–H and O–H groups in total. The van der Waals surface area contributed by atoms with Crippen molar-refractivity contribution in [3.8, 4) is 11.5 Å². The van der Waals surface area contributed by atoms with Crippen LogP contribution in [0.25, 0.3) is 0 Å². The first kappa shape index (κ1) is 13.4. The second-order valence-electron chi connectivity index (χ2n) is 4.83.